The average molecular weight is 576 g/mol. The Kier molecular flexibility index (Phi) is 10.0. The van der Waals surface area contributed by atoms with Crippen molar-refractivity contribution in [2.75, 3.05) is 5.88 Å². The first-order valence-electron chi connectivity index (χ1n) is 13.6. The molecular formula is C31H37N5O4S. The molecule has 1 unspecified atom stereocenters. The Morgan fingerprint density at radius 3 is 2.37 bits per heavy atom. The van der Waals surface area contributed by atoms with Crippen molar-refractivity contribution >= 4 is 29.6 Å². The maximum absolute atomic E-state index is 13.8. The maximum atomic E-state index is 13.8. The van der Waals surface area contributed by atoms with Gasteiger partial charge in [0.05, 0.1) is 11.9 Å². The quantitative estimate of drug-likeness (QED) is 0.295. The van der Waals surface area contributed by atoms with Gasteiger partial charge in [0.25, 0.3) is 5.91 Å². The number of nitrogens with zero attached hydrogens (tertiary/aromatic N) is 2. The van der Waals surface area contributed by atoms with Crippen LogP contribution in [-0.2, 0) is 29.1 Å². The highest BCUT2D eigenvalue weighted by Gasteiger charge is 2.49. The van der Waals surface area contributed by atoms with Crippen molar-refractivity contribution in [3.63, 3.8) is 0 Å². The van der Waals surface area contributed by atoms with Gasteiger partial charge < -0.3 is 26.0 Å². The van der Waals surface area contributed by atoms with Crippen molar-refractivity contribution in [1.82, 2.24) is 25.8 Å². The van der Waals surface area contributed by atoms with Gasteiger partial charge in [-0.15, -0.1) is 11.8 Å². The van der Waals surface area contributed by atoms with Crippen LogP contribution in [0.1, 0.15) is 36.1 Å². The predicted molar refractivity (Wildman–Crippen MR) is 160 cm³/mol. The molecule has 3 aromatic rings. The highest BCUT2D eigenvalue weighted by atomic mass is 32.2. The molecule has 2 heterocycles. The van der Waals surface area contributed by atoms with E-state index in [1.165, 1.54) is 16.7 Å². The lowest BCUT2D eigenvalue weighted by molar-refractivity contribution is -0.147. The number of benzene rings is 2. The number of rotatable bonds is 10. The summed E-state index contributed by atoms with van der Waals surface area (Å²) in [4.78, 5) is 45.5. The van der Waals surface area contributed by atoms with Crippen LogP contribution in [0.25, 0.3) is 0 Å². The van der Waals surface area contributed by atoms with Crippen molar-refractivity contribution < 1.29 is 19.5 Å². The third kappa shape index (κ3) is 7.86. The zero-order chi connectivity index (χ0) is 29.4. The van der Waals surface area contributed by atoms with Crippen LogP contribution in [0.3, 0.4) is 0 Å². The standard InChI is InChI=1S/C31H37N5O4S/c1-21-9-7-8-12-24(21)19-34-30(40)35-25(17-22-10-5-4-6-11-22)26(37)29(39)36-20-41-31(2,3)27(36)28(38)33-18-23-13-15-32-16-14-23/h4-16,25-27,37H,17-20H2,1-3H3,(H,33,38)(H2,34,35,40)/t25-,26-,27?/m0/s1. The van der Waals surface area contributed by atoms with Gasteiger partial charge in [0.15, 0.2) is 6.10 Å². The molecule has 1 saturated heterocycles. The molecule has 4 amide bonds. The highest BCUT2D eigenvalue weighted by Crippen LogP contribution is 2.39. The molecule has 4 N–H and O–H groups in total. The fourth-order valence-corrected chi connectivity index (χ4v) is 5.99. The van der Waals surface area contributed by atoms with Crippen LogP contribution < -0.4 is 16.0 Å². The van der Waals surface area contributed by atoms with E-state index in [1.54, 1.807) is 12.4 Å². The van der Waals surface area contributed by atoms with Crippen molar-refractivity contribution in [3.8, 4) is 0 Å². The second kappa shape index (κ2) is 13.6. The summed E-state index contributed by atoms with van der Waals surface area (Å²) in [6.07, 6.45) is 1.97. The Bertz CT molecular complexity index is 1340. The van der Waals surface area contributed by atoms with Gasteiger partial charge in [-0.25, -0.2) is 4.79 Å². The molecule has 216 valence electrons. The molecule has 0 bridgehead atoms. The fourth-order valence-electron chi connectivity index (χ4n) is 4.85. The van der Waals surface area contributed by atoms with E-state index in [9.17, 15) is 19.5 Å². The Hall–Kier alpha value is -3.89. The molecule has 9 nitrogen and oxygen atoms in total. The zero-order valence-corrected chi connectivity index (χ0v) is 24.4. The average Bonchev–Trinajstić information content (AvgIpc) is 3.30. The Morgan fingerprint density at radius 1 is 0.976 bits per heavy atom. The zero-order valence-electron chi connectivity index (χ0n) is 23.5. The summed E-state index contributed by atoms with van der Waals surface area (Å²) in [6, 6.07) is 18.5. The maximum Gasteiger partial charge on any atom is 0.315 e. The van der Waals surface area contributed by atoms with E-state index in [-0.39, 0.29) is 18.2 Å². The lowest BCUT2D eigenvalue weighted by Crippen LogP contribution is -2.59. The number of thioether (sulfide) groups is 1. The van der Waals surface area contributed by atoms with Gasteiger partial charge in [-0.1, -0.05) is 54.6 Å². The molecule has 10 heteroatoms. The molecule has 1 aliphatic rings. The summed E-state index contributed by atoms with van der Waals surface area (Å²) in [5.74, 6) is -0.665. The summed E-state index contributed by atoms with van der Waals surface area (Å²) in [6.45, 7) is 6.38. The van der Waals surface area contributed by atoms with Gasteiger partial charge in [0, 0.05) is 30.2 Å². The van der Waals surface area contributed by atoms with Crippen molar-refractivity contribution in [1.29, 1.82) is 0 Å². The Labute approximate surface area is 245 Å². The van der Waals surface area contributed by atoms with Crippen LogP contribution in [0.4, 0.5) is 4.79 Å². The summed E-state index contributed by atoms with van der Waals surface area (Å²) in [5, 5.41) is 19.9. The predicted octanol–water partition coefficient (Wildman–Crippen LogP) is 3.16. The number of nitrogens with one attached hydrogen (secondary N) is 3. The minimum atomic E-state index is -1.57. The summed E-state index contributed by atoms with van der Waals surface area (Å²) >= 11 is 1.47. The van der Waals surface area contributed by atoms with Crippen LogP contribution in [0.15, 0.2) is 79.1 Å². The van der Waals surface area contributed by atoms with Gasteiger partial charge in [-0.05, 0) is 61.6 Å². The molecule has 0 saturated carbocycles. The molecule has 4 rings (SSSR count). The lowest BCUT2D eigenvalue weighted by Gasteiger charge is -2.33. The molecule has 2 aromatic carbocycles. The molecular weight excluding hydrogens is 538 g/mol. The van der Waals surface area contributed by atoms with E-state index in [0.29, 0.717) is 13.1 Å². The van der Waals surface area contributed by atoms with Gasteiger partial charge in [-0.2, -0.15) is 0 Å². The number of hydrogen-bond acceptors (Lipinski definition) is 6. The van der Waals surface area contributed by atoms with Crippen LogP contribution in [0, 0.1) is 6.92 Å². The number of carbonyl (C=O) groups is 3. The Balaban J connectivity index is 1.48. The number of pyridine rings is 1. The number of hydrogen-bond donors (Lipinski definition) is 4. The molecule has 1 aliphatic heterocycles. The van der Waals surface area contributed by atoms with Gasteiger partial charge in [0.1, 0.15) is 6.04 Å². The van der Waals surface area contributed by atoms with Gasteiger partial charge >= 0.3 is 6.03 Å². The second-order valence-corrected chi connectivity index (χ2v) is 12.3. The number of carbonyl (C=O) groups excluding carboxylic acids is 3. The van der Waals surface area contributed by atoms with Gasteiger partial charge in [0.2, 0.25) is 5.91 Å². The third-order valence-corrected chi connectivity index (χ3v) is 8.62. The highest BCUT2D eigenvalue weighted by molar-refractivity contribution is 8.00. The van der Waals surface area contributed by atoms with Crippen molar-refractivity contribution in [2.45, 2.75) is 63.2 Å². The monoisotopic (exact) mass is 575 g/mol. The minimum absolute atomic E-state index is 0.231. The first-order valence-corrected chi connectivity index (χ1v) is 14.6. The first kappa shape index (κ1) is 30.1. The number of amides is 4. The van der Waals surface area contributed by atoms with E-state index in [4.69, 9.17) is 0 Å². The van der Waals surface area contributed by atoms with E-state index < -0.39 is 34.9 Å². The van der Waals surface area contributed by atoms with Crippen LogP contribution in [0.2, 0.25) is 0 Å². The molecule has 3 atom stereocenters. The number of aliphatic hydroxyl groups is 1. The second-order valence-electron chi connectivity index (χ2n) is 10.7. The van der Waals surface area contributed by atoms with Crippen LogP contribution in [-0.4, -0.2) is 61.6 Å². The smallest absolute Gasteiger partial charge is 0.315 e. The van der Waals surface area contributed by atoms with E-state index in [2.05, 4.69) is 20.9 Å². The molecule has 0 aliphatic carbocycles. The normalized spacial score (nSPS) is 17.4. The molecule has 1 aromatic heterocycles. The number of aromatic nitrogens is 1. The van der Waals surface area contributed by atoms with Crippen molar-refractivity contribution in [2.24, 2.45) is 0 Å². The molecule has 0 spiro atoms. The third-order valence-electron chi connectivity index (χ3n) is 7.24. The van der Waals surface area contributed by atoms with Crippen molar-refractivity contribution in [3.05, 3.63) is 101 Å². The minimum Gasteiger partial charge on any atom is -0.381 e. The van der Waals surface area contributed by atoms with Crippen LogP contribution in [0.5, 0.6) is 0 Å². The lowest BCUT2D eigenvalue weighted by atomic mass is 9.97. The van der Waals surface area contributed by atoms with E-state index in [1.807, 2.05) is 87.5 Å². The summed E-state index contributed by atoms with van der Waals surface area (Å²) < 4.78 is -0.578. The number of urea groups is 1. The number of aliphatic hydroxyl groups excluding tert-OH is 1. The Morgan fingerprint density at radius 2 is 1.66 bits per heavy atom. The first-order chi connectivity index (χ1) is 19.7. The SMILES string of the molecule is Cc1ccccc1CNC(=O)N[C@@H](Cc1ccccc1)[C@H](O)C(=O)N1CSC(C)(C)C1C(=O)NCc1ccncc1. The molecule has 0 radical (unpaired) electrons. The van der Waals surface area contributed by atoms with E-state index in [0.717, 1.165) is 22.3 Å². The fraction of sp³-hybridized carbons (Fsp3) is 0.355. The summed E-state index contributed by atoms with van der Waals surface area (Å²) in [7, 11) is 0. The molecule has 41 heavy (non-hydrogen) atoms. The number of aryl methyl sites for hydroxylation is 1. The van der Waals surface area contributed by atoms with Crippen LogP contribution >= 0.6 is 11.8 Å². The van der Waals surface area contributed by atoms with E-state index >= 15 is 0 Å². The van der Waals surface area contributed by atoms with Gasteiger partial charge in [-0.3, -0.25) is 14.6 Å². The largest absolute Gasteiger partial charge is 0.381 e. The summed E-state index contributed by atoms with van der Waals surface area (Å²) in [5.41, 5.74) is 3.76. The molecule has 1 fully saturated rings. The topological polar surface area (TPSA) is 124 Å².